The first-order valence-corrected chi connectivity index (χ1v) is 8.10. The highest BCUT2D eigenvalue weighted by molar-refractivity contribution is 7.07. The van der Waals surface area contributed by atoms with Crippen molar-refractivity contribution in [2.24, 2.45) is 0 Å². The molecule has 1 aromatic heterocycles. The molecule has 3 nitrogen and oxygen atoms in total. The Hall–Kier alpha value is -0.870. The minimum absolute atomic E-state index is 0.0127. The summed E-state index contributed by atoms with van der Waals surface area (Å²) in [6.07, 6.45) is 3.03. The Balaban J connectivity index is 1.96. The lowest BCUT2D eigenvalue weighted by Crippen LogP contribution is -2.55. The summed E-state index contributed by atoms with van der Waals surface area (Å²) in [5.74, 6) is 0.280. The van der Waals surface area contributed by atoms with E-state index < -0.39 is 0 Å². The molecule has 1 amide bonds. The van der Waals surface area contributed by atoms with Crippen molar-refractivity contribution in [1.82, 2.24) is 10.2 Å². The first-order chi connectivity index (χ1) is 9.08. The minimum Gasteiger partial charge on any atom is -0.338 e. The van der Waals surface area contributed by atoms with Crippen molar-refractivity contribution in [2.75, 3.05) is 6.54 Å². The second-order valence-electron chi connectivity index (χ2n) is 5.73. The zero-order valence-electron chi connectivity index (χ0n) is 12.1. The molecule has 0 radical (unpaired) electrons. The van der Waals surface area contributed by atoms with Crippen molar-refractivity contribution >= 4 is 17.2 Å². The molecule has 1 fully saturated rings. The van der Waals surface area contributed by atoms with Gasteiger partial charge in [0, 0.05) is 18.6 Å². The maximum Gasteiger partial charge on any atom is 0.239 e. The van der Waals surface area contributed by atoms with Crippen LogP contribution >= 0.6 is 11.3 Å². The third-order valence-electron chi connectivity index (χ3n) is 3.65. The van der Waals surface area contributed by atoms with Crippen molar-refractivity contribution in [3.63, 3.8) is 0 Å². The Morgan fingerprint density at radius 1 is 1.47 bits per heavy atom. The number of rotatable bonds is 5. The lowest BCUT2D eigenvalue weighted by atomic mass is 10.00. The van der Waals surface area contributed by atoms with Gasteiger partial charge in [-0.1, -0.05) is 13.8 Å². The quantitative estimate of drug-likeness (QED) is 0.899. The van der Waals surface area contributed by atoms with Crippen LogP contribution < -0.4 is 5.32 Å². The molecule has 1 N–H and O–H groups in total. The van der Waals surface area contributed by atoms with Gasteiger partial charge in [0.05, 0.1) is 6.04 Å². The second-order valence-corrected chi connectivity index (χ2v) is 6.51. The number of carbonyl (C=O) groups excluding carboxylic acids is 1. The largest absolute Gasteiger partial charge is 0.338 e. The number of carbonyl (C=O) groups is 1. The predicted octanol–water partition coefficient (Wildman–Crippen LogP) is 2.67. The van der Waals surface area contributed by atoms with Gasteiger partial charge in [0.15, 0.2) is 0 Å². The fourth-order valence-electron chi connectivity index (χ4n) is 2.75. The molecular formula is C15H24N2OS. The molecule has 4 heteroatoms. The number of likely N-dealkylation sites (tertiary alicyclic amines) is 1. The Morgan fingerprint density at radius 3 is 2.89 bits per heavy atom. The second kappa shape index (κ2) is 6.53. The fraction of sp³-hybridized carbons (Fsp3) is 0.667. The van der Waals surface area contributed by atoms with Gasteiger partial charge in [-0.15, -0.1) is 0 Å². The predicted molar refractivity (Wildman–Crippen MR) is 80.5 cm³/mol. The van der Waals surface area contributed by atoms with Gasteiger partial charge < -0.3 is 10.2 Å². The summed E-state index contributed by atoms with van der Waals surface area (Å²) in [6.45, 7) is 7.26. The molecule has 1 aliphatic rings. The van der Waals surface area contributed by atoms with Gasteiger partial charge in [-0.3, -0.25) is 4.79 Å². The smallest absolute Gasteiger partial charge is 0.239 e. The lowest BCUT2D eigenvalue weighted by Gasteiger charge is -2.37. The third kappa shape index (κ3) is 3.80. The molecular weight excluding hydrogens is 256 g/mol. The van der Waals surface area contributed by atoms with Crippen LogP contribution in [0.25, 0.3) is 0 Å². The van der Waals surface area contributed by atoms with Crippen LogP contribution in [0.5, 0.6) is 0 Å². The Bertz CT molecular complexity index is 402. The molecule has 0 aliphatic carbocycles. The molecule has 2 unspecified atom stereocenters. The first-order valence-electron chi connectivity index (χ1n) is 7.15. The summed E-state index contributed by atoms with van der Waals surface area (Å²) in [5, 5.41) is 7.66. The maximum atomic E-state index is 12.5. The van der Waals surface area contributed by atoms with Crippen LogP contribution in [0.2, 0.25) is 0 Å². The summed E-state index contributed by atoms with van der Waals surface area (Å²) in [6, 6.07) is 2.82. The Kier molecular flexibility index (Phi) is 4.99. The molecule has 0 saturated carbocycles. The Morgan fingerprint density at radius 2 is 2.26 bits per heavy atom. The van der Waals surface area contributed by atoms with E-state index in [1.165, 1.54) is 5.56 Å². The monoisotopic (exact) mass is 280 g/mol. The van der Waals surface area contributed by atoms with Gasteiger partial charge in [0.2, 0.25) is 5.91 Å². The van der Waals surface area contributed by atoms with Crippen LogP contribution in [-0.4, -0.2) is 35.5 Å². The molecule has 2 atom stereocenters. The first kappa shape index (κ1) is 14.5. The molecule has 1 aromatic rings. The summed E-state index contributed by atoms with van der Waals surface area (Å²) in [4.78, 5) is 14.6. The number of nitrogens with zero attached hydrogens (tertiary/aromatic N) is 1. The molecule has 19 heavy (non-hydrogen) atoms. The van der Waals surface area contributed by atoms with E-state index in [1.807, 2.05) is 0 Å². The number of hydrogen-bond acceptors (Lipinski definition) is 3. The number of nitrogens with one attached hydrogen (secondary N) is 1. The topological polar surface area (TPSA) is 32.3 Å². The third-order valence-corrected chi connectivity index (χ3v) is 4.38. The number of piperidine rings is 1. The van der Waals surface area contributed by atoms with Crippen molar-refractivity contribution in [2.45, 2.75) is 58.2 Å². The Labute approximate surface area is 120 Å². The molecule has 1 aliphatic heterocycles. The SMILES string of the molecule is CC(C)NC1CCCN(C(C)Cc2ccsc2)C1=O. The van der Waals surface area contributed by atoms with Crippen LogP contribution in [0.15, 0.2) is 16.8 Å². The lowest BCUT2D eigenvalue weighted by molar-refractivity contribution is -0.138. The van der Waals surface area contributed by atoms with E-state index in [-0.39, 0.29) is 11.9 Å². The number of thiophene rings is 1. The van der Waals surface area contributed by atoms with Gasteiger partial charge in [-0.2, -0.15) is 11.3 Å². The zero-order valence-corrected chi connectivity index (χ0v) is 12.9. The molecule has 2 heterocycles. The van der Waals surface area contributed by atoms with E-state index in [4.69, 9.17) is 0 Å². The van der Waals surface area contributed by atoms with E-state index >= 15 is 0 Å². The zero-order chi connectivity index (χ0) is 13.8. The van der Waals surface area contributed by atoms with Gasteiger partial charge in [0.1, 0.15) is 0 Å². The van der Waals surface area contributed by atoms with Crippen LogP contribution in [0.3, 0.4) is 0 Å². The minimum atomic E-state index is 0.0127. The van der Waals surface area contributed by atoms with E-state index in [1.54, 1.807) is 11.3 Å². The highest BCUT2D eigenvalue weighted by atomic mass is 32.1. The van der Waals surface area contributed by atoms with Crippen LogP contribution in [-0.2, 0) is 11.2 Å². The summed E-state index contributed by atoms with van der Waals surface area (Å²) < 4.78 is 0. The van der Waals surface area contributed by atoms with Crippen LogP contribution in [0, 0.1) is 0 Å². The van der Waals surface area contributed by atoms with Crippen LogP contribution in [0.4, 0.5) is 0 Å². The summed E-state index contributed by atoms with van der Waals surface area (Å²) in [5.41, 5.74) is 1.34. The molecule has 1 saturated heterocycles. The average molecular weight is 280 g/mol. The maximum absolute atomic E-state index is 12.5. The normalized spacial score (nSPS) is 22.0. The van der Waals surface area contributed by atoms with E-state index in [0.717, 1.165) is 25.8 Å². The highest BCUT2D eigenvalue weighted by Gasteiger charge is 2.31. The van der Waals surface area contributed by atoms with Crippen LogP contribution in [0.1, 0.15) is 39.2 Å². The van der Waals surface area contributed by atoms with Crippen molar-refractivity contribution in [3.05, 3.63) is 22.4 Å². The molecule has 0 aromatic carbocycles. The molecule has 2 rings (SSSR count). The van der Waals surface area contributed by atoms with E-state index in [2.05, 4.69) is 47.8 Å². The van der Waals surface area contributed by atoms with Gasteiger partial charge in [-0.05, 0) is 48.6 Å². The van der Waals surface area contributed by atoms with Gasteiger partial charge in [0.25, 0.3) is 0 Å². The number of amides is 1. The van der Waals surface area contributed by atoms with Gasteiger partial charge >= 0.3 is 0 Å². The van der Waals surface area contributed by atoms with Crippen molar-refractivity contribution in [1.29, 1.82) is 0 Å². The van der Waals surface area contributed by atoms with E-state index in [0.29, 0.717) is 12.1 Å². The summed E-state index contributed by atoms with van der Waals surface area (Å²) >= 11 is 1.72. The average Bonchev–Trinajstić information content (AvgIpc) is 2.84. The molecule has 0 bridgehead atoms. The van der Waals surface area contributed by atoms with E-state index in [9.17, 15) is 4.79 Å². The molecule has 0 spiro atoms. The van der Waals surface area contributed by atoms with Crippen molar-refractivity contribution < 1.29 is 4.79 Å². The standard InChI is InChI=1S/C15H24N2OS/c1-11(2)16-14-5-4-7-17(15(14)18)12(3)9-13-6-8-19-10-13/h6,8,10-12,14,16H,4-5,7,9H2,1-3H3. The highest BCUT2D eigenvalue weighted by Crippen LogP contribution is 2.18. The fourth-order valence-corrected chi connectivity index (χ4v) is 3.44. The molecule has 106 valence electrons. The summed E-state index contributed by atoms with van der Waals surface area (Å²) in [7, 11) is 0. The van der Waals surface area contributed by atoms with Crippen molar-refractivity contribution in [3.8, 4) is 0 Å². The van der Waals surface area contributed by atoms with Gasteiger partial charge in [-0.25, -0.2) is 0 Å². The number of hydrogen-bond donors (Lipinski definition) is 1.